The molecule has 9 heteroatoms. The van der Waals surface area contributed by atoms with Crippen molar-refractivity contribution in [3.8, 4) is 17.2 Å². The van der Waals surface area contributed by atoms with Crippen LogP contribution in [0.5, 0.6) is 17.2 Å². The molecule has 0 saturated carbocycles. The molecule has 1 aliphatic heterocycles. The molecule has 1 heterocycles. The smallest absolute Gasteiger partial charge is 0.276 e. The minimum atomic E-state index is -0.739. The van der Waals surface area contributed by atoms with Crippen molar-refractivity contribution in [2.75, 3.05) is 25.1 Å². The van der Waals surface area contributed by atoms with Crippen molar-refractivity contribution >= 4 is 33.4 Å². The number of carbonyl (C=O) groups is 2. The highest BCUT2D eigenvalue weighted by Gasteiger charge is 2.36. The van der Waals surface area contributed by atoms with E-state index in [2.05, 4.69) is 33.3 Å². The van der Waals surface area contributed by atoms with Crippen LogP contribution in [0.25, 0.3) is 0 Å². The third-order valence-electron chi connectivity index (χ3n) is 5.90. The second-order valence-corrected chi connectivity index (χ2v) is 9.79. The first-order valence-electron chi connectivity index (χ1n) is 12.9. The Morgan fingerprint density at radius 3 is 2.44 bits per heavy atom. The Kier molecular flexibility index (Phi) is 9.49. The molecule has 0 saturated heterocycles. The fourth-order valence-corrected chi connectivity index (χ4v) is 4.39. The van der Waals surface area contributed by atoms with Crippen molar-refractivity contribution in [1.82, 2.24) is 10.4 Å². The van der Waals surface area contributed by atoms with E-state index in [0.29, 0.717) is 59.4 Å². The Balaban J connectivity index is 1.69. The summed E-state index contributed by atoms with van der Waals surface area (Å²) in [7, 11) is 0. The standard InChI is InChI=1S/C30H32BrN3O5/c1-4-15-37-22-10-7-20(8-11-22)29(35)33-34-28(32-26-14-9-21(31)18-25(26)30(34)36)24-13-12-23(38-16-5-2)19-27(24)39-17-6-3/h4,7-14,18-19,28,32H,1,5-6,15-17H2,2-3H3,(H,33,35)/t28-/m0/s1. The van der Waals surface area contributed by atoms with Crippen LogP contribution in [0.4, 0.5) is 5.69 Å². The molecule has 204 valence electrons. The molecule has 8 nitrogen and oxygen atoms in total. The first kappa shape index (κ1) is 28.0. The third-order valence-corrected chi connectivity index (χ3v) is 6.40. The van der Waals surface area contributed by atoms with Crippen LogP contribution >= 0.6 is 15.9 Å². The first-order chi connectivity index (χ1) is 18.9. The largest absolute Gasteiger partial charge is 0.493 e. The van der Waals surface area contributed by atoms with Gasteiger partial charge in [0.25, 0.3) is 11.8 Å². The summed E-state index contributed by atoms with van der Waals surface area (Å²) in [5, 5.41) is 4.71. The molecule has 0 spiro atoms. The number of hydrogen-bond donors (Lipinski definition) is 2. The maximum Gasteiger partial charge on any atom is 0.276 e. The second-order valence-electron chi connectivity index (χ2n) is 8.87. The molecule has 2 N–H and O–H groups in total. The molecule has 0 radical (unpaired) electrons. The molecule has 0 fully saturated rings. The van der Waals surface area contributed by atoms with E-state index in [1.54, 1.807) is 36.4 Å². The van der Waals surface area contributed by atoms with Crippen molar-refractivity contribution in [1.29, 1.82) is 0 Å². The van der Waals surface area contributed by atoms with E-state index < -0.39 is 12.1 Å². The van der Waals surface area contributed by atoms with Gasteiger partial charge in [0.15, 0.2) is 6.17 Å². The summed E-state index contributed by atoms with van der Waals surface area (Å²) in [4.78, 5) is 27.1. The van der Waals surface area contributed by atoms with Crippen molar-refractivity contribution in [3.05, 3.63) is 94.5 Å². The number of hydrogen-bond acceptors (Lipinski definition) is 6. The zero-order valence-electron chi connectivity index (χ0n) is 22.0. The van der Waals surface area contributed by atoms with Gasteiger partial charge in [0.05, 0.1) is 18.8 Å². The maximum absolute atomic E-state index is 13.8. The predicted molar refractivity (Wildman–Crippen MR) is 154 cm³/mol. The van der Waals surface area contributed by atoms with Crippen LogP contribution in [-0.4, -0.2) is 36.6 Å². The lowest BCUT2D eigenvalue weighted by molar-refractivity contribution is 0.0487. The van der Waals surface area contributed by atoms with Gasteiger partial charge in [-0.25, -0.2) is 5.01 Å². The van der Waals surface area contributed by atoms with Gasteiger partial charge >= 0.3 is 0 Å². The maximum atomic E-state index is 13.8. The number of hydrazine groups is 1. The number of halogens is 1. The normalized spacial score (nSPS) is 14.2. The summed E-state index contributed by atoms with van der Waals surface area (Å²) in [6.07, 6.45) is 2.59. The summed E-state index contributed by atoms with van der Waals surface area (Å²) in [6.45, 7) is 9.13. The average Bonchev–Trinajstić information content (AvgIpc) is 2.95. The van der Waals surface area contributed by atoms with Gasteiger partial charge in [-0.05, 0) is 67.4 Å². The zero-order chi connectivity index (χ0) is 27.8. The van der Waals surface area contributed by atoms with Crippen LogP contribution in [0.1, 0.15) is 59.1 Å². The quantitative estimate of drug-likeness (QED) is 0.233. The van der Waals surface area contributed by atoms with Crippen molar-refractivity contribution < 1.29 is 23.8 Å². The van der Waals surface area contributed by atoms with Crippen LogP contribution in [0.15, 0.2) is 77.8 Å². The molecule has 4 rings (SSSR count). The number of ether oxygens (including phenoxy) is 3. The van der Waals surface area contributed by atoms with Gasteiger partial charge in [0.1, 0.15) is 23.9 Å². The highest BCUT2D eigenvalue weighted by Crippen LogP contribution is 2.38. The molecule has 0 bridgehead atoms. The highest BCUT2D eigenvalue weighted by atomic mass is 79.9. The number of benzene rings is 3. The lowest BCUT2D eigenvalue weighted by Crippen LogP contribution is -2.53. The topological polar surface area (TPSA) is 89.1 Å². The van der Waals surface area contributed by atoms with E-state index in [1.807, 2.05) is 44.2 Å². The van der Waals surface area contributed by atoms with Crippen molar-refractivity contribution in [2.24, 2.45) is 0 Å². The number of rotatable bonds is 12. The van der Waals surface area contributed by atoms with Crippen LogP contribution in [0, 0.1) is 0 Å². The Labute approximate surface area is 237 Å². The van der Waals surface area contributed by atoms with E-state index in [1.165, 1.54) is 5.01 Å². The minimum Gasteiger partial charge on any atom is -0.493 e. The number of fused-ring (bicyclic) bond motifs is 1. The second kappa shape index (κ2) is 13.2. The fraction of sp³-hybridized carbons (Fsp3) is 0.267. The van der Waals surface area contributed by atoms with Crippen LogP contribution in [0.2, 0.25) is 0 Å². The number of nitrogens with zero attached hydrogens (tertiary/aromatic N) is 1. The molecule has 2 amide bonds. The van der Waals surface area contributed by atoms with E-state index in [4.69, 9.17) is 14.2 Å². The summed E-state index contributed by atoms with van der Waals surface area (Å²) in [5.74, 6) is 1.05. The third kappa shape index (κ3) is 6.72. The summed E-state index contributed by atoms with van der Waals surface area (Å²) < 4.78 is 18.2. The number of anilines is 1. The van der Waals surface area contributed by atoms with Gasteiger partial charge in [-0.3, -0.25) is 15.0 Å². The van der Waals surface area contributed by atoms with Crippen molar-refractivity contribution in [3.63, 3.8) is 0 Å². The van der Waals surface area contributed by atoms with Gasteiger partial charge in [-0.2, -0.15) is 0 Å². The molecule has 0 aromatic heterocycles. The Morgan fingerprint density at radius 2 is 1.72 bits per heavy atom. The molecule has 1 aliphatic rings. The summed E-state index contributed by atoms with van der Waals surface area (Å²) >= 11 is 3.44. The highest BCUT2D eigenvalue weighted by molar-refractivity contribution is 9.10. The minimum absolute atomic E-state index is 0.359. The molecule has 3 aromatic rings. The number of nitrogens with one attached hydrogen (secondary N) is 2. The summed E-state index contributed by atoms with van der Waals surface area (Å²) in [5.41, 5.74) is 4.94. The molecule has 1 atom stereocenters. The summed E-state index contributed by atoms with van der Waals surface area (Å²) in [6, 6.07) is 17.6. The number of amides is 2. The van der Waals surface area contributed by atoms with Gasteiger partial charge in [0.2, 0.25) is 0 Å². The van der Waals surface area contributed by atoms with E-state index in [-0.39, 0.29) is 5.91 Å². The SMILES string of the molecule is C=CCOc1ccc(C(=O)NN2C(=O)c3cc(Br)ccc3N[C@@H]2c2ccc(OCCC)cc2OCCC)cc1. The molecule has 39 heavy (non-hydrogen) atoms. The van der Waals surface area contributed by atoms with Gasteiger partial charge in [-0.1, -0.05) is 42.4 Å². The lowest BCUT2D eigenvalue weighted by Gasteiger charge is -2.38. The van der Waals surface area contributed by atoms with E-state index >= 15 is 0 Å². The Bertz CT molecular complexity index is 1330. The Hall–Kier alpha value is -3.98. The van der Waals surface area contributed by atoms with Crippen LogP contribution in [-0.2, 0) is 0 Å². The molecule has 0 aliphatic carbocycles. The first-order valence-corrected chi connectivity index (χ1v) is 13.7. The van der Waals surface area contributed by atoms with E-state index in [0.717, 1.165) is 17.3 Å². The number of carbonyl (C=O) groups excluding carboxylic acids is 2. The van der Waals surface area contributed by atoms with Gasteiger partial charge in [-0.15, -0.1) is 0 Å². The Morgan fingerprint density at radius 1 is 1.00 bits per heavy atom. The molecule has 3 aromatic carbocycles. The molecule has 0 unspecified atom stereocenters. The molecular weight excluding hydrogens is 562 g/mol. The fourth-order valence-electron chi connectivity index (χ4n) is 4.03. The van der Waals surface area contributed by atoms with E-state index in [9.17, 15) is 9.59 Å². The van der Waals surface area contributed by atoms with Crippen LogP contribution < -0.4 is 25.0 Å². The van der Waals surface area contributed by atoms with Crippen molar-refractivity contribution in [2.45, 2.75) is 32.9 Å². The van der Waals surface area contributed by atoms with Crippen LogP contribution in [0.3, 0.4) is 0 Å². The average molecular weight is 595 g/mol. The van der Waals surface area contributed by atoms with Gasteiger partial charge in [0, 0.05) is 27.4 Å². The zero-order valence-corrected chi connectivity index (χ0v) is 23.6. The lowest BCUT2D eigenvalue weighted by atomic mass is 10.0. The molecular formula is C30H32BrN3O5. The monoisotopic (exact) mass is 593 g/mol. The van der Waals surface area contributed by atoms with Gasteiger partial charge < -0.3 is 19.5 Å². The predicted octanol–water partition coefficient (Wildman–Crippen LogP) is 6.50.